The SMILES string of the molecule is CCCC(C)N.CCCC(C)NC(=O)Nc1ccc(N(CCO)CCO)c(C)c1.CCCC(C)NC(=O)Nc1ccc(N(CCO)CCO)c(C)c1.CCCC(C)NC(=O)Nc1ccc(N)c(C)c1.CCCC(C)NC(=O)Nc1ccc([N+](=O)[O-])c(C)c1.Cc1cc(N)ccc1[N+](=O)[O-].Cc1cc(NC(=O)NC(CCC(=O)O)C(=O)O)ccc1N(CCCl)CCCl. The van der Waals surface area contributed by atoms with E-state index in [9.17, 15) is 53.8 Å². The minimum Gasteiger partial charge on any atom is -0.481 e. The number of aliphatic carboxylic acids is 2. The first-order valence-electron chi connectivity index (χ1n) is 42.5. The molecule has 0 aliphatic heterocycles. The Labute approximate surface area is 753 Å². The van der Waals surface area contributed by atoms with E-state index in [-0.39, 0.29) is 98.9 Å². The largest absolute Gasteiger partial charge is 0.481 e. The van der Waals surface area contributed by atoms with Crippen molar-refractivity contribution in [1.29, 1.82) is 0 Å². The van der Waals surface area contributed by atoms with Gasteiger partial charge in [0.1, 0.15) is 6.04 Å². The van der Waals surface area contributed by atoms with E-state index >= 15 is 0 Å². The van der Waals surface area contributed by atoms with E-state index in [4.69, 9.17) is 71.0 Å². The monoisotopic (exact) mass is 1810 g/mol. The van der Waals surface area contributed by atoms with Crippen LogP contribution in [0.1, 0.15) is 180 Å². The first-order valence-corrected chi connectivity index (χ1v) is 43.5. The van der Waals surface area contributed by atoms with Crippen molar-refractivity contribution in [2.45, 2.75) is 224 Å². The van der Waals surface area contributed by atoms with Crippen LogP contribution in [0.25, 0.3) is 0 Å². The molecule has 6 aromatic rings. The molecule has 0 radical (unpaired) electrons. The van der Waals surface area contributed by atoms with Crippen LogP contribution < -0.4 is 85.1 Å². The molecule has 0 heterocycles. The molecule has 0 bridgehead atoms. The molecule has 6 unspecified atom stereocenters. The number of halogens is 2. The number of benzene rings is 6. The summed E-state index contributed by atoms with van der Waals surface area (Å²) in [7, 11) is 0. The number of aliphatic hydroxyl groups is 4. The van der Waals surface area contributed by atoms with Crippen molar-refractivity contribution in [2.24, 2.45) is 5.73 Å². The number of carbonyl (C=O) groups excluding carboxylic acids is 5. The molecule has 35 nitrogen and oxygen atoms in total. The fourth-order valence-corrected chi connectivity index (χ4v) is 12.9. The van der Waals surface area contributed by atoms with Crippen LogP contribution in [0.2, 0.25) is 0 Å². The molecule has 0 spiro atoms. The lowest BCUT2D eigenvalue weighted by Crippen LogP contribution is -2.43. The van der Waals surface area contributed by atoms with E-state index < -0.39 is 33.9 Å². The van der Waals surface area contributed by atoms with E-state index in [0.717, 1.165) is 120 Å². The molecule has 22 N–H and O–H groups in total. The van der Waals surface area contributed by atoms with Gasteiger partial charge >= 0.3 is 42.1 Å². The van der Waals surface area contributed by atoms with Crippen LogP contribution in [0.15, 0.2) is 109 Å². The van der Waals surface area contributed by atoms with Crippen LogP contribution in [-0.4, -0.2) is 196 Å². The molecule has 0 saturated carbocycles. The topological polar surface area (TPSA) is 535 Å². The Morgan fingerprint density at radius 2 is 0.667 bits per heavy atom. The third-order valence-corrected chi connectivity index (χ3v) is 18.9. The highest BCUT2D eigenvalue weighted by Crippen LogP contribution is 2.28. The van der Waals surface area contributed by atoms with Crippen LogP contribution in [0, 0.1) is 61.8 Å². The molecule has 6 aromatic carbocycles. The third-order valence-electron chi connectivity index (χ3n) is 18.6. The summed E-state index contributed by atoms with van der Waals surface area (Å²) in [5, 5.41) is 103. The van der Waals surface area contributed by atoms with Crippen LogP contribution in [0.5, 0.6) is 0 Å². The number of rotatable bonds is 41. The van der Waals surface area contributed by atoms with Crippen molar-refractivity contribution in [3.8, 4) is 0 Å². The van der Waals surface area contributed by atoms with Crippen molar-refractivity contribution in [3.05, 3.63) is 163 Å². The van der Waals surface area contributed by atoms with Crippen LogP contribution in [0.4, 0.5) is 92.2 Å². The standard InChI is InChI=1S/C17H23Cl2N3O5.2C17H29N3O3.C13H19N3O3.C13H21N3O.C7H8N2O2.C5H13N/c1-11-10-12(2-4-14(11)22(8-6-18)9-7-19)20-17(27)21-13(16(25)26)3-5-15(23)24;2*1-4-5-14(3)18-17(23)19-15-6-7-16(13(2)12-15)20(8-10-21)9-11-22;1-4-5-10(3)14-13(17)15-11-6-7-12(16(18)19)9(2)8-11;1-4-5-10(3)15-13(17)16-11-6-7-12(14)9(2)8-11;1-5-4-6(8)2-3-7(5)9(10)11;1-3-4-5(2)6/h2,4,10,13H,3,5-9H2,1H3,(H,23,24)(H,25,26)(H2,20,21,27);2*6-7,12,14,21-22H,4-5,8-11H2,1-3H3,(H2,18,19,23);6-8,10H,4-5H2,1-3H3,(H2,14,15,17);6-8,10H,4-5,14H2,1-3H3,(H2,15,16,17);2-4H,8H2,1H3;5H,3-4,6H2,1-2H3. The van der Waals surface area contributed by atoms with Crippen molar-refractivity contribution in [2.75, 3.05) is 130 Å². The smallest absolute Gasteiger partial charge is 0.326 e. The number of anilines is 10. The van der Waals surface area contributed by atoms with Crippen molar-refractivity contribution >= 4 is 134 Å². The number of aliphatic hydroxyl groups excluding tert-OH is 4. The molecule has 6 rings (SSSR count). The summed E-state index contributed by atoms with van der Waals surface area (Å²) in [6.45, 7) is 34.6. The molecule has 37 heteroatoms. The third kappa shape index (κ3) is 49.5. The number of aryl methyl sites for hydroxylation is 6. The summed E-state index contributed by atoms with van der Waals surface area (Å²) < 4.78 is 0. The Bertz CT molecular complexity index is 4140. The number of hydrogen-bond donors (Lipinski definition) is 19. The van der Waals surface area contributed by atoms with Crippen molar-refractivity contribution in [1.82, 2.24) is 26.6 Å². The van der Waals surface area contributed by atoms with Gasteiger partial charge < -0.3 is 116 Å². The summed E-state index contributed by atoms with van der Waals surface area (Å²) in [5.74, 6) is -1.53. The average molecular weight is 1810 g/mol. The van der Waals surface area contributed by atoms with Gasteiger partial charge in [-0.15, -0.1) is 23.2 Å². The van der Waals surface area contributed by atoms with Crippen LogP contribution >= 0.6 is 23.2 Å². The summed E-state index contributed by atoms with van der Waals surface area (Å²) in [6.07, 6.45) is 9.69. The molecule has 0 aliphatic rings. The van der Waals surface area contributed by atoms with E-state index in [1.54, 1.807) is 50.2 Å². The summed E-state index contributed by atoms with van der Waals surface area (Å²) in [4.78, 5) is 107. The number of nitro benzene ring substituents is 2. The lowest BCUT2D eigenvalue weighted by atomic mass is 10.1. The highest BCUT2D eigenvalue weighted by molar-refractivity contribution is 6.18. The molecule has 0 saturated heterocycles. The Morgan fingerprint density at radius 1 is 0.389 bits per heavy atom. The Hall–Kier alpha value is -11.2. The molecule has 10 amide bonds. The number of nitro groups is 2. The zero-order valence-corrected chi connectivity index (χ0v) is 77.7. The number of alkyl halides is 2. The molecular weight excluding hydrogens is 1660 g/mol. The number of nitrogens with two attached hydrogens (primary N) is 3. The first kappa shape index (κ1) is 115. The molecule has 0 fully saturated rings. The normalized spacial score (nSPS) is 11.7. The number of carboxylic acids is 2. The number of carboxylic acid groups (broad SMARTS) is 2. The lowest BCUT2D eigenvalue weighted by Gasteiger charge is -2.25. The zero-order valence-electron chi connectivity index (χ0n) is 76.2. The van der Waals surface area contributed by atoms with E-state index in [1.165, 1.54) is 30.7 Å². The minimum atomic E-state index is -1.30. The molecule has 126 heavy (non-hydrogen) atoms. The van der Waals surface area contributed by atoms with E-state index in [0.29, 0.717) is 85.3 Å². The Kier molecular flexibility index (Phi) is 59.6. The number of urea groups is 5. The van der Waals surface area contributed by atoms with Gasteiger partial charge in [-0.3, -0.25) is 25.0 Å². The van der Waals surface area contributed by atoms with Gasteiger partial charge in [0.25, 0.3) is 11.4 Å². The predicted octanol–water partition coefficient (Wildman–Crippen LogP) is 15.6. The number of carbonyl (C=O) groups is 7. The van der Waals surface area contributed by atoms with E-state index in [1.807, 2.05) is 126 Å². The van der Waals surface area contributed by atoms with Crippen LogP contribution in [-0.2, 0) is 9.59 Å². The van der Waals surface area contributed by atoms with E-state index in [2.05, 4.69) is 87.8 Å². The van der Waals surface area contributed by atoms with Gasteiger partial charge in [-0.25, -0.2) is 28.8 Å². The van der Waals surface area contributed by atoms with Gasteiger partial charge in [-0.05, 0) is 234 Å². The Balaban J connectivity index is 0.00000149. The van der Waals surface area contributed by atoms with Gasteiger partial charge in [0.05, 0.1) is 36.3 Å². The van der Waals surface area contributed by atoms with Gasteiger partial charge in [-0.1, -0.05) is 66.7 Å². The summed E-state index contributed by atoms with van der Waals surface area (Å²) in [5.41, 5.74) is 28.9. The van der Waals surface area contributed by atoms with Crippen molar-refractivity contribution < 1.29 is 74.0 Å². The molecular formula is C89H142Cl2N18O17. The van der Waals surface area contributed by atoms with Crippen molar-refractivity contribution in [3.63, 3.8) is 0 Å². The highest BCUT2D eigenvalue weighted by Gasteiger charge is 2.23. The van der Waals surface area contributed by atoms with Gasteiger partial charge in [-0.2, -0.15) is 0 Å². The first-order chi connectivity index (χ1) is 59.6. The van der Waals surface area contributed by atoms with Crippen LogP contribution in [0.3, 0.4) is 0 Å². The Morgan fingerprint density at radius 3 is 0.913 bits per heavy atom. The average Bonchev–Trinajstić information content (AvgIpc) is 0.849. The number of amides is 10. The lowest BCUT2D eigenvalue weighted by molar-refractivity contribution is -0.385. The van der Waals surface area contributed by atoms with Gasteiger partial charge in [0, 0.05) is 168 Å². The summed E-state index contributed by atoms with van der Waals surface area (Å²) in [6, 6.07) is 29.0. The maximum atomic E-state index is 12.0. The maximum absolute atomic E-state index is 12.0. The fourth-order valence-electron chi connectivity index (χ4n) is 12.5. The number of nitrogens with zero attached hydrogens (tertiary/aromatic N) is 5. The second-order valence-corrected chi connectivity index (χ2v) is 31.0. The maximum Gasteiger partial charge on any atom is 0.326 e. The molecule has 704 valence electrons. The predicted molar refractivity (Wildman–Crippen MR) is 511 cm³/mol. The zero-order chi connectivity index (χ0) is 95.6. The molecule has 6 atom stereocenters. The number of nitrogens with one attached hydrogen (secondary N) is 10. The summed E-state index contributed by atoms with van der Waals surface area (Å²) >= 11 is 11.6. The quantitative estimate of drug-likeness (QED) is 0.00733. The second kappa shape index (κ2) is 65.4. The minimum absolute atomic E-state index is 0.0250. The highest BCUT2D eigenvalue weighted by atomic mass is 35.5. The molecule has 0 aromatic heterocycles. The fraction of sp³-hybridized carbons (Fsp3) is 0.517. The second-order valence-electron chi connectivity index (χ2n) is 30.2. The number of nitrogen functional groups attached to an aromatic ring is 2. The molecule has 0 aliphatic carbocycles. The van der Waals surface area contributed by atoms with Gasteiger partial charge in [0.2, 0.25) is 0 Å². The number of hydrogen-bond acceptors (Lipinski definition) is 21. The van der Waals surface area contributed by atoms with Gasteiger partial charge in [0.15, 0.2) is 0 Å².